The summed E-state index contributed by atoms with van der Waals surface area (Å²) in [5, 5.41) is 3.49. The monoisotopic (exact) mass is 171 g/mol. The van der Waals surface area contributed by atoms with E-state index in [0.717, 1.165) is 13.2 Å². The second kappa shape index (κ2) is 5.55. The maximum Gasteiger partial charge on any atom is 0.0727 e. The highest BCUT2D eigenvalue weighted by Crippen LogP contribution is 2.20. The zero-order valence-electron chi connectivity index (χ0n) is 8.31. The summed E-state index contributed by atoms with van der Waals surface area (Å²) in [6.45, 7) is 6.16. The van der Waals surface area contributed by atoms with E-state index in [-0.39, 0.29) is 0 Å². The van der Waals surface area contributed by atoms with Crippen molar-refractivity contribution >= 4 is 0 Å². The second-order valence-corrected chi connectivity index (χ2v) is 3.44. The fourth-order valence-electron chi connectivity index (χ4n) is 2.01. The van der Waals surface area contributed by atoms with Gasteiger partial charge in [-0.15, -0.1) is 0 Å². The van der Waals surface area contributed by atoms with Crippen molar-refractivity contribution in [2.45, 2.75) is 51.7 Å². The van der Waals surface area contributed by atoms with E-state index in [2.05, 4.69) is 19.2 Å². The third-order valence-electron chi connectivity index (χ3n) is 2.55. The van der Waals surface area contributed by atoms with Gasteiger partial charge in [-0.05, 0) is 26.3 Å². The average molecular weight is 171 g/mol. The molecular weight excluding hydrogens is 150 g/mol. The van der Waals surface area contributed by atoms with Crippen LogP contribution in [0.2, 0.25) is 0 Å². The normalized spacial score (nSPS) is 30.5. The van der Waals surface area contributed by atoms with Crippen LogP contribution in [0.15, 0.2) is 0 Å². The second-order valence-electron chi connectivity index (χ2n) is 3.44. The van der Waals surface area contributed by atoms with Crippen LogP contribution in [0.5, 0.6) is 0 Å². The Hall–Kier alpha value is -0.0800. The van der Waals surface area contributed by atoms with Crippen molar-refractivity contribution in [3.8, 4) is 0 Å². The van der Waals surface area contributed by atoms with Crippen LogP contribution in [0.25, 0.3) is 0 Å². The lowest BCUT2D eigenvalue weighted by Gasteiger charge is -2.31. The van der Waals surface area contributed by atoms with Crippen molar-refractivity contribution < 1.29 is 4.74 Å². The number of hydrogen-bond donors (Lipinski definition) is 1. The smallest absolute Gasteiger partial charge is 0.0727 e. The van der Waals surface area contributed by atoms with Gasteiger partial charge in [0.1, 0.15) is 0 Å². The van der Waals surface area contributed by atoms with Gasteiger partial charge in [0.2, 0.25) is 0 Å². The molecule has 0 spiro atoms. The third-order valence-corrected chi connectivity index (χ3v) is 2.55. The van der Waals surface area contributed by atoms with E-state index in [1.807, 2.05) is 0 Å². The molecule has 1 N–H and O–H groups in total. The molecule has 1 aliphatic carbocycles. The third kappa shape index (κ3) is 2.76. The summed E-state index contributed by atoms with van der Waals surface area (Å²) in [5.41, 5.74) is 0. The maximum atomic E-state index is 5.69. The predicted molar refractivity (Wildman–Crippen MR) is 51.3 cm³/mol. The summed E-state index contributed by atoms with van der Waals surface area (Å²) < 4.78 is 5.69. The first kappa shape index (κ1) is 10.0. The lowest BCUT2D eigenvalue weighted by Crippen LogP contribution is -2.43. The van der Waals surface area contributed by atoms with Gasteiger partial charge in [0, 0.05) is 12.6 Å². The Morgan fingerprint density at radius 2 is 2.00 bits per heavy atom. The van der Waals surface area contributed by atoms with Crippen LogP contribution in [0.1, 0.15) is 39.5 Å². The van der Waals surface area contributed by atoms with E-state index < -0.39 is 0 Å². The molecule has 12 heavy (non-hydrogen) atoms. The molecule has 2 nitrogen and oxygen atoms in total. The van der Waals surface area contributed by atoms with Gasteiger partial charge in [-0.2, -0.15) is 0 Å². The highest BCUT2D eigenvalue weighted by Gasteiger charge is 2.23. The molecule has 1 saturated carbocycles. The molecule has 1 rings (SSSR count). The first-order valence-electron chi connectivity index (χ1n) is 5.23. The van der Waals surface area contributed by atoms with Crippen molar-refractivity contribution in [3.63, 3.8) is 0 Å². The van der Waals surface area contributed by atoms with E-state index in [0.29, 0.717) is 12.1 Å². The van der Waals surface area contributed by atoms with Crippen LogP contribution in [-0.2, 0) is 4.74 Å². The molecule has 2 unspecified atom stereocenters. The van der Waals surface area contributed by atoms with Crippen molar-refractivity contribution in [1.29, 1.82) is 0 Å². The lowest BCUT2D eigenvalue weighted by atomic mass is 9.92. The van der Waals surface area contributed by atoms with Gasteiger partial charge in [-0.25, -0.2) is 0 Å². The molecule has 0 amide bonds. The van der Waals surface area contributed by atoms with Gasteiger partial charge in [0.05, 0.1) is 6.10 Å². The Labute approximate surface area is 75.7 Å². The minimum absolute atomic E-state index is 0.476. The van der Waals surface area contributed by atoms with Gasteiger partial charge >= 0.3 is 0 Å². The van der Waals surface area contributed by atoms with E-state index in [1.54, 1.807) is 0 Å². The fraction of sp³-hybridized carbons (Fsp3) is 1.00. The molecule has 0 aromatic heterocycles. The molecule has 72 valence electrons. The Kier molecular flexibility index (Phi) is 4.62. The van der Waals surface area contributed by atoms with Crippen LogP contribution in [0, 0.1) is 0 Å². The molecule has 2 heteroatoms. The Morgan fingerprint density at radius 1 is 1.25 bits per heavy atom. The van der Waals surface area contributed by atoms with Crippen LogP contribution >= 0.6 is 0 Å². The highest BCUT2D eigenvalue weighted by atomic mass is 16.5. The van der Waals surface area contributed by atoms with Gasteiger partial charge < -0.3 is 10.1 Å². The van der Waals surface area contributed by atoms with E-state index >= 15 is 0 Å². The predicted octanol–water partition coefficient (Wildman–Crippen LogP) is 1.94. The van der Waals surface area contributed by atoms with Gasteiger partial charge in [0.25, 0.3) is 0 Å². The topological polar surface area (TPSA) is 21.3 Å². The summed E-state index contributed by atoms with van der Waals surface area (Å²) in [6, 6.07) is 0.615. The number of likely N-dealkylation sites (N-methyl/N-ethyl adjacent to an activating group) is 1. The van der Waals surface area contributed by atoms with Gasteiger partial charge in [0.15, 0.2) is 0 Å². The number of rotatable bonds is 4. The molecular formula is C10H21NO. The van der Waals surface area contributed by atoms with Crippen LogP contribution in [-0.4, -0.2) is 25.3 Å². The first-order valence-corrected chi connectivity index (χ1v) is 5.23. The van der Waals surface area contributed by atoms with E-state index in [1.165, 1.54) is 25.7 Å². The lowest BCUT2D eigenvalue weighted by molar-refractivity contribution is 0.0128. The first-order chi connectivity index (χ1) is 5.88. The van der Waals surface area contributed by atoms with Gasteiger partial charge in [-0.3, -0.25) is 0 Å². The molecule has 1 fully saturated rings. The Balaban J connectivity index is 2.31. The molecule has 0 aromatic rings. The quantitative estimate of drug-likeness (QED) is 0.698. The molecule has 0 heterocycles. The van der Waals surface area contributed by atoms with Crippen molar-refractivity contribution in [2.75, 3.05) is 13.2 Å². The summed E-state index contributed by atoms with van der Waals surface area (Å²) in [4.78, 5) is 0. The van der Waals surface area contributed by atoms with Crippen molar-refractivity contribution in [1.82, 2.24) is 5.32 Å². The van der Waals surface area contributed by atoms with E-state index in [9.17, 15) is 0 Å². The Morgan fingerprint density at radius 3 is 2.67 bits per heavy atom. The van der Waals surface area contributed by atoms with E-state index in [4.69, 9.17) is 4.74 Å². The molecule has 1 aliphatic rings. The number of nitrogens with one attached hydrogen (secondary N) is 1. The standard InChI is InChI=1S/C10H21NO/c1-3-11-9-7-5-6-8-10(9)12-4-2/h9-11H,3-8H2,1-2H3. The molecule has 0 aromatic carbocycles. The molecule has 0 bridgehead atoms. The average Bonchev–Trinajstić information content (AvgIpc) is 2.09. The van der Waals surface area contributed by atoms with Crippen molar-refractivity contribution in [3.05, 3.63) is 0 Å². The Bertz CT molecular complexity index is 98.4. The number of ether oxygens (including phenoxy) is 1. The SMILES string of the molecule is CCNC1CCCCC1OCC. The summed E-state index contributed by atoms with van der Waals surface area (Å²) in [5.74, 6) is 0. The summed E-state index contributed by atoms with van der Waals surface area (Å²) in [6.07, 6.45) is 5.71. The minimum Gasteiger partial charge on any atom is -0.377 e. The fourth-order valence-corrected chi connectivity index (χ4v) is 2.01. The zero-order valence-corrected chi connectivity index (χ0v) is 8.31. The highest BCUT2D eigenvalue weighted by molar-refractivity contribution is 4.81. The van der Waals surface area contributed by atoms with Crippen LogP contribution in [0.4, 0.5) is 0 Å². The molecule has 0 aliphatic heterocycles. The number of hydrogen-bond acceptors (Lipinski definition) is 2. The maximum absolute atomic E-state index is 5.69. The van der Waals surface area contributed by atoms with Crippen LogP contribution < -0.4 is 5.32 Å². The summed E-state index contributed by atoms with van der Waals surface area (Å²) >= 11 is 0. The zero-order chi connectivity index (χ0) is 8.81. The molecule has 2 atom stereocenters. The largest absolute Gasteiger partial charge is 0.377 e. The molecule has 0 radical (unpaired) electrons. The van der Waals surface area contributed by atoms with Gasteiger partial charge in [-0.1, -0.05) is 19.8 Å². The molecule has 0 saturated heterocycles. The van der Waals surface area contributed by atoms with Crippen molar-refractivity contribution in [2.24, 2.45) is 0 Å². The van der Waals surface area contributed by atoms with Crippen LogP contribution in [0.3, 0.4) is 0 Å². The minimum atomic E-state index is 0.476. The summed E-state index contributed by atoms with van der Waals surface area (Å²) in [7, 11) is 0.